The van der Waals surface area contributed by atoms with Gasteiger partial charge in [0, 0.05) is 12.6 Å². The van der Waals surface area contributed by atoms with Crippen LogP contribution in [-0.4, -0.2) is 23.9 Å². The number of nitro benzene ring substituents is 1. The topological polar surface area (TPSA) is 84.3 Å². The second-order valence-electron chi connectivity index (χ2n) is 5.57. The smallest absolute Gasteiger partial charge is 0.292 e. The number of nitro groups is 1. The molecule has 6 heteroatoms. The van der Waals surface area contributed by atoms with Gasteiger partial charge in [-0.05, 0) is 44.9 Å². The molecule has 1 aromatic rings. The van der Waals surface area contributed by atoms with E-state index in [0.29, 0.717) is 6.54 Å². The number of benzene rings is 1. The van der Waals surface area contributed by atoms with Crippen LogP contribution in [0.15, 0.2) is 18.2 Å². The maximum absolute atomic E-state index is 12.4. The highest BCUT2D eigenvalue weighted by atomic mass is 16.6. The van der Waals surface area contributed by atoms with E-state index in [0.717, 1.165) is 24.9 Å². The van der Waals surface area contributed by atoms with Gasteiger partial charge in [-0.2, -0.15) is 0 Å². The van der Waals surface area contributed by atoms with Crippen molar-refractivity contribution in [3.05, 3.63) is 33.9 Å². The molecule has 0 aromatic heterocycles. The van der Waals surface area contributed by atoms with Crippen molar-refractivity contribution >= 4 is 17.3 Å². The first-order valence-electron chi connectivity index (χ1n) is 6.70. The number of rotatable bonds is 3. The van der Waals surface area contributed by atoms with Gasteiger partial charge in [0.15, 0.2) is 0 Å². The van der Waals surface area contributed by atoms with Crippen LogP contribution in [0, 0.1) is 22.5 Å². The minimum Gasteiger partial charge on any atom is -0.320 e. The van der Waals surface area contributed by atoms with Crippen molar-refractivity contribution in [3.8, 4) is 0 Å². The lowest BCUT2D eigenvalue weighted by atomic mass is 9.82. The van der Waals surface area contributed by atoms with E-state index in [4.69, 9.17) is 0 Å². The molecular formula is C14H19N3O3. The van der Waals surface area contributed by atoms with E-state index in [1.807, 2.05) is 13.8 Å². The predicted molar refractivity (Wildman–Crippen MR) is 76.7 cm³/mol. The summed E-state index contributed by atoms with van der Waals surface area (Å²) < 4.78 is 0. The van der Waals surface area contributed by atoms with Crippen molar-refractivity contribution in [2.24, 2.45) is 5.41 Å². The van der Waals surface area contributed by atoms with Crippen LogP contribution in [0.5, 0.6) is 0 Å². The second kappa shape index (κ2) is 5.58. The number of nitrogens with zero attached hydrogens (tertiary/aromatic N) is 1. The van der Waals surface area contributed by atoms with Crippen molar-refractivity contribution < 1.29 is 9.72 Å². The highest BCUT2D eigenvalue weighted by molar-refractivity contribution is 5.97. The molecule has 1 unspecified atom stereocenters. The van der Waals surface area contributed by atoms with Gasteiger partial charge in [-0.25, -0.2) is 0 Å². The monoisotopic (exact) mass is 277 g/mol. The summed E-state index contributed by atoms with van der Waals surface area (Å²) in [5.74, 6) is -0.168. The molecule has 1 fully saturated rings. The number of nitrogens with one attached hydrogen (secondary N) is 2. The first-order valence-corrected chi connectivity index (χ1v) is 6.70. The molecule has 108 valence electrons. The first-order chi connectivity index (χ1) is 9.42. The Balaban J connectivity index is 2.23. The van der Waals surface area contributed by atoms with E-state index in [1.165, 1.54) is 6.07 Å². The number of carbonyl (C=O) groups excluding carboxylic acids is 1. The van der Waals surface area contributed by atoms with E-state index < -0.39 is 10.3 Å². The first kappa shape index (κ1) is 14.5. The van der Waals surface area contributed by atoms with Gasteiger partial charge in [0.2, 0.25) is 5.91 Å². The summed E-state index contributed by atoms with van der Waals surface area (Å²) in [6, 6.07) is 4.72. The van der Waals surface area contributed by atoms with Gasteiger partial charge in [-0.1, -0.05) is 6.07 Å². The average molecular weight is 277 g/mol. The summed E-state index contributed by atoms with van der Waals surface area (Å²) in [4.78, 5) is 22.9. The van der Waals surface area contributed by atoms with Gasteiger partial charge in [0.1, 0.15) is 5.69 Å². The molecule has 2 N–H and O–H groups in total. The number of hydrogen-bond donors (Lipinski definition) is 2. The predicted octanol–water partition coefficient (Wildman–Crippen LogP) is 2.23. The Hall–Kier alpha value is -1.95. The molecule has 0 bridgehead atoms. The highest BCUT2D eigenvalue weighted by Crippen LogP contribution is 2.30. The number of amides is 1. The van der Waals surface area contributed by atoms with E-state index in [9.17, 15) is 14.9 Å². The minimum absolute atomic E-state index is 0.0729. The fourth-order valence-corrected chi connectivity index (χ4v) is 2.43. The lowest BCUT2D eigenvalue weighted by molar-refractivity contribution is -0.383. The summed E-state index contributed by atoms with van der Waals surface area (Å²) in [5.41, 5.74) is 0.552. The minimum atomic E-state index is -0.518. The number of piperidine rings is 1. The third kappa shape index (κ3) is 2.96. The third-order valence-corrected chi connectivity index (χ3v) is 3.74. The normalized spacial score (nSPS) is 22.3. The van der Waals surface area contributed by atoms with E-state index in [1.54, 1.807) is 12.1 Å². The Morgan fingerprint density at radius 1 is 1.50 bits per heavy atom. The van der Waals surface area contributed by atoms with Crippen LogP contribution < -0.4 is 10.6 Å². The molecule has 6 nitrogen and oxygen atoms in total. The van der Waals surface area contributed by atoms with Crippen LogP contribution in [0.25, 0.3) is 0 Å². The third-order valence-electron chi connectivity index (χ3n) is 3.74. The van der Waals surface area contributed by atoms with E-state index in [2.05, 4.69) is 10.6 Å². The Morgan fingerprint density at radius 3 is 2.85 bits per heavy atom. The average Bonchev–Trinajstić information content (AvgIpc) is 2.39. The van der Waals surface area contributed by atoms with Crippen LogP contribution in [0.1, 0.15) is 25.3 Å². The number of aryl methyl sites for hydroxylation is 1. The van der Waals surface area contributed by atoms with Gasteiger partial charge in [0.25, 0.3) is 5.69 Å². The largest absolute Gasteiger partial charge is 0.320 e. The molecule has 20 heavy (non-hydrogen) atoms. The molecule has 0 spiro atoms. The van der Waals surface area contributed by atoms with E-state index >= 15 is 0 Å². The van der Waals surface area contributed by atoms with Gasteiger partial charge in [0.05, 0.1) is 10.3 Å². The zero-order valence-corrected chi connectivity index (χ0v) is 11.7. The van der Waals surface area contributed by atoms with Gasteiger partial charge in [-0.15, -0.1) is 0 Å². The summed E-state index contributed by atoms with van der Waals surface area (Å²) in [5, 5.41) is 16.9. The SMILES string of the molecule is Cc1ccc([N+](=O)[O-])c(NC(=O)C2(C)CCCNC2)c1. The molecule has 1 aromatic carbocycles. The molecule has 1 heterocycles. The zero-order valence-electron chi connectivity index (χ0n) is 11.7. The lowest BCUT2D eigenvalue weighted by Crippen LogP contribution is -2.46. The molecule has 1 aliphatic heterocycles. The molecule has 0 aliphatic carbocycles. The quantitative estimate of drug-likeness (QED) is 0.655. The van der Waals surface area contributed by atoms with Crippen molar-refractivity contribution in [1.82, 2.24) is 5.32 Å². The molecule has 1 atom stereocenters. The Bertz CT molecular complexity index is 536. The Kier molecular flexibility index (Phi) is 4.04. The second-order valence-corrected chi connectivity index (χ2v) is 5.57. The van der Waals surface area contributed by atoms with Crippen LogP contribution in [0.4, 0.5) is 11.4 Å². The number of hydrogen-bond acceptors (Lipinski definition) is 4. The Labute approximate surface area is 117 Å². The summed E-state index contributed by atoms with van der Waals surface area (Å²) in [6.45, 7) is 5.23. The van der Waals surface area contributed by atoms with Crippen LogP contribution in [0.2, 0.25) is 0 Å². The highest BCUT2D eigenvalue weighted by Gasteiger charge is 2.35. The molecule has 1 aliphatic rings. The molecular weight excluding hydrogens is 258 g/mol. The fourth-order valence-electron chi connectivity index (χ4n) is 2.43. The molecule has 2 rings (SSSR count). The van der Waals surface area contributed by atoms with Gasteiger partial charge >= 0.3 is 0 Å². The fraction of sp³-hybridized carbons (Fsp3) is 0.500. The zero-order chi connectivity index (χ0) is 14.8. The molecule has 0 radical (unpaired) electrons. The summed E-state index contributed by atoms with van der Waals surface area (Å²) >= 11 is 0. The van der Waals surface area contributed by atoms with Gasteiger partial charge < -0.3 is 10.6 Å². The number of carbonyl (C=O) groups is 1. The van der Waals surface area contributed by atoms with Crippen molar-refractivity contribution in [1.29, 1.82) is 0 Å². The van der Waals surface area contributed by atoms with Crippen molar-refractivity contribution in [3.63, 3.8) is 0 Å². The Morgan fingerprint density at radius 2 is 2.25 bits per heavy atom. The van der Waals surface area contributed by atoms with E-state index in [-0.39, 0.29) is 17.3 Å². The van der Waals surface area contributed by atoms with Crippen LogP contribution >= 0.6 is 0 Å². The summed E-state index contributed by atoms with van der Waals surface area (Å²) in [7, 11) is 0. The molecule has 1 amide bonds. The molecule has 0 saturated carbocycles. The van der Waals surface area contributed by atoms with Crippen LogP contribution in [0.3, 0.4) is 0 Å². The lowest BCUT2D eigenvalue weighted by Gasteiger charge is -2.32. The number of anilines is 1. The van der Waals surface area contributed by atoms with Crippen molar-refractivity contribution in [2.75, 3.05) is 18.4 Å². The maximum atomic E-state index is 12.4. The standard InChI is InChI=1S/C14H19N3O3/c1-10-4-5-12(17(19)20)11(8-10)16-13(18)14(2)6-3-7-15-9-14/h4-5,8,15H,3,6-7,9H2,1-2H3,(H,16,18). The molecule has 1 saturated heterocycles. The van der Waals surface area contributed by atoms with Crippen LogP contribution in [-0.2, 0) is 4.79 Å². The maximum Gasteiger partial charge on any atom is 0.292 e. The van der Waals surface area contributed by atoms with Crippen molar-refractivity contribution in [2.45, 2.75) is 26.7 Å². The summed E-state index contributed by atoms with van der Waals surface area (Å²) in [6.07, 6.45) is 1.71. The van der Waals surface area contributed by atoms with Gasteiger partial charge in [-0.3, -0.25) is 14.9 Å².